The summed E-state index contributed by atoms with van der Waals surface area (Å²) < 4.78 is 0. The summed E-state index contributed by atoms with van der Waals surface area (Å²) in [5.41, 5.74) is 0. The normalized spacial score (nSPS) is 24.7. The van der Waals surface area contributed by atoms with Crippen LogP contribution in [0.15, 0.2) is 0 Å². The molecule has 1 saturated carbocycles. The molecule has 0 bridgehead atoms. The van der Waals surface area contributed by atoms with Crippen LogP contribution in [-0.2, 0) is 0 Å². The summed E-state index contributed by atoms with van der Waals surface area (Å²) in [6.07, 6.45) is 2.81. The van der Waals surface area contributed by atoms with Gasteiger partial charge in [-0.05, 0) is 31.2 Å². The summed E-state index contributed by atoms with van der Waals surface area (Å²) in [7, 11) is 0. The van der Waals surface area contributed by atoms with E-state index in [1.54, 1.807) is 0 Å². The standard InChI is InChI=1S/C15H31N3/c1-13(2)11-17-6-8-18(9-7-17)12-14(3)10-16-15-4-5-15/h13-16H,4-12H2,1-3H3. The van der Waals surface area contributed by atoms with Crippen molar-refractivity contribution < 1.29 is 0 Å². The third-order valence-electron chi connectivity index (χ3n) is 3.99. The van der Waals surface area contributed by atoms with Gasteiger partial charge in [-0.2, -0.15) is 0 Å². The maximum absolute atomic E-state index is 3.64. The Hall–Kier alpha value is -0.120. The van der Waals surface area contributed by atoms with Crippen molar-refractivity contribution in [1.29, 1.82) is 0 Å². The molecule has 1 aliphatic heterocycles. The maximum Gasteiger partial charge on any atom is 0.0110 e. The predicted octanol–water partition coefficient (Wildman–Crippen LogP) is 1.65. The zero-order chi connectivity index (χ0) is 13.0. The molecule has 2 fully saturated rings. The highest BCUT2D eigenvalue weighted by molar-refractivity contribution is 4.82. The molecular formula is C15H31N3. The number of piperazine rings is 1. The number of hydrogen-bond donors (Lipinski definition) is 1. The summed E-state index contributed by atoms with van der Waals surface area (Å²) in [6, 6.07) is 0.857. The summed E-state index contributed by atoms with van der Waals surface area (Å²) in [5.74, 6) is 1.60. The molecule has 1 aliphatic carbocycles. The van der Waals surface area contributed by atoms with Gasteiger partial charge in [0.1, 0.15) is 0 Å². The van der Waals surface area contributed by atoms with Gasteiger partial charge in [-0.25, -0.2) is 0 Å². The first-order valence-corrected chi connectivity index (χ1v) is 7.81. The van der Waals surface area contributed by atoms with Crippen LogP contribution in [0.3, 0.4) is 0 Å². The molecule has 1 saturated heterocycles. The first-order chi connectivity index (χ1) is 8.63. The Morgan fingerprint density at radius 1 is 0.944 bits per heavy atom. The van der Waals surface area contributed by atoms with Crippen LogP contribution in [0.4, 0.5) is 0 Å². The predicted molar refractivity (Wildman–Crippen MR) is 77.9 cm³/mol. The Morgan fingerprint density at radius 3 is 2.00 bits per heavy atom. The zero-order valence-electron chi connectivity index (χ0n) is 12.5. The van der Waals surface area contributed by atoms with Gasteiger partial charge < -0.3 is 15.1 Å². The Bertz CT molecular complexity index is 230. The third kappa shape index (κ3) is 5.25. The summed E-state index contributed by atoms with van der Waals surface area (Å²) in [4.78, 5) is 5.27. The lowest BCUT2D eigenvalue weighted by molar-refractivity contribution is 0.111. The maximum atomic E-state index is 3.64. The molecule has 0 radical (unpaired) electrons. The van der Waals surface area contributed by atoms with Gasteiger partial charge in [-0.3, -0.25) is 0 Å². The average Bonchev–Trinajstić information content (AvgIpc) is 3.12. The molecule has 0 aromatic rings. The van der Waals surface area contributed by atoms with E-state index in [9.17, 15) is 0 Å². The van der Waals surface area contributed by atoms with Crippen molar-refractivity contribution in [2.75, 3.05) is 45.8 Å². The van der Waals surface area contributed by atoms with Gasteiger partial charge >= 0.3 is 0 Å². The number of nitrogens with zero attached hydrogens (tertiary/aromatic N) is 2. The lowest BCUT2D eigenvalue weighted by Gasteiger charge is -2.36. The third-order valence-corrected chi connectivity index (χ3v) is 3.99. The number of hydrogen-bond acceptors (Lipinski definition) is 3. The number of nitrogens with one attached hydrogen (secondary N) is 1. The average molecular weight is 253 g/mol. The van der Waals surface area contributed by atoms with Crippen molar-refractivity contribution in [1.82, 2.24) is 15.1 Å². The Balaban J connectivity index is 1.57. The van der Waals surface area contributed by atoms with Crippen LogP contribution < -0.4 is 5.32 Å². The fraction of sp³-hybridized carbons (Fsp3) is 1.00. The topological polar surface area (TPSA) is 18.5 Å². The van der Waals surface area contributed by atoms with Crippen LogP contribution in [0.1, 0.15) is 33.6 Å². The Morgan fingerprint density at radius 2 is 1.50 bits per heavy atom. The van der Waals surface area contributed by atoms with E-state index in [1.807, 2.05) is 0 Å². The molecule has 0 spiro atoms. The second kappa shape index (κ2) is 6.88. The van der Waals surface area contributed by atoms with Crippen molar-refractivity contribution in [2.24, 2.45) is 11.8 Å². The largest absolute Gasteiger partial charge is 0.314 e. The minimum absolute atomic E-state index is 0.794. The van der Waals surface area contributed by atoms with Gasteiger partial charge in [-0.1, -0.05) is 20.8 Å². The fourth-order valence-corrected chi connectivity index (χ4v) is 2.83. The van der Waals surface area contributed by atoms with Crippen molar-refractivity contribution in [3.05, 3.63) is 0 Å². The molecular weight excluding hydrogens is 222 g/mol. The quantitative estimate of drug-likeness (QED) is 0.744. The second-order valence-electron chi connectivity index (χ2n) is 6.78. The van der Waals surface area contributed by atoms with Crippen molar-refractivity contribution in [2.45, 2.75) is 39.7 Å². The molecule has 3 nitrogen and oxygen atoms in total. The van der Waals surface area contributed by atoms with E-state index < -0.39 is 0 Å². The molecule has 3 heteroatoms. The lowest BCUT2D eigenvalue weighted by Crippen LogP contribution is -2.49. The highest BCUT2D eigenvalue weighted by Gasteiger charge is 2.22. The van der Waals surface area contributed by atoms with E-state index in [0.29, 0.717) is 0 Å². The molecule has 0 aromatic heterocycles. The van der Waals surface area contributed by atoms with Crippen LogP contribution >= 0.6 is 0 Å². The molecule has 1 heterocycles. The summed E-state index contributed by atoms with van der Waals surface area (Å²) in [5, 5.41) is 3.64. The minimum Gasteiger partial charge on any atom is -0.314 e. The van der Waals surface area contributed by atoms with Crippen molar-refractivity contribution in [3.63, 3.8) is 0 Å². The molecule has 106 valence electrons. The van der Waals surface area contributed by atoms with Gasteiger partial charge in [0.15, 0.2) is 0 Å². The first kappa shape index (κ1) is 14.3. The van der Waals surface area contributed by atoms with Crippen molar-refractivity contribution in [3.8, 4) is 0 Å². The minimum atomic E-state index is 0.794. The SMILES string of the molecule is CC(C)CN1CCN(CC(C)CNC2CC2)CC1. The van der Waals surface area contributed by atoms with Crippen molar-refractivity contribution >= 4 is 0 Å². The Labute approximate surface area is 113 Å². The smallest absolute Gasteiger partial charge is 0.0110 e. The second-order valence-corrected chi connectivity index (χ2v) is 6.78. The van der Waals surface area contributed by atoms with Crippen LogP contribution in [0, 0.1) is 11.8 Å². The van der Waals surface area contributed by atoms with Crippen LogP contribution in [0.2, 0.25) is 0 Å². The summed E-state index contributed by atoms with van der Waals surface area (Å²) in [6.45, 7) is 15.8. The summed E-state index contributed by atoms with van der Waals surface area (Å²) >= 11 is 0. The molecule has 1 atom stereocenters. The zero-order valence-corrected chi connectivity index (χ0v) is 12.5. The van der Waals surface area contributed by atoms with Gasteiger partial charge in [-0.15, -0.1) is 0 Å². The van der Waals surface area contributed by atoms with E-state index in [-0.39, 0.29) is 0 Å². The van der Waals surface area contributed by atoms with Gasteiger partial charge in [0.25, 0.3) is 0 Å². The Kier molecular flexibility index (Phi) is 5.46. The molecule has 18 heavy (non-hydrogen) atoms. The monoisotopic (exact) mass is 253 g/mol. The van der Waals surface area contributed by atoms with Crippen LogP contribution in [0.25, 0.3) is 0 Å². The van der Waals surface area contributed by atoms with E-state index >= 15 is 0 Å². The molecule has 2 aliphatic rings. The molecule has 2 rings (SSSR count). The van der Waals surface area contributed by atoms with Crippen LogP contribution in [0.5, 0.6) is 0 Å². The van der Waals surface area contributed by atoms with E-state index in [4.69, 9.17) is 0 Å². The van der Waals surface area contributed by atoms with Gasteiger partial charge in [0, 0.05) is 45.3 Å². The molecule has 1 unspecified atom stereocenters. The molecule has 1 N–H and O–H groups in total. The lowest BCUT2D eigenvalue weighted by atomic mass is 10.1. The van der Waals surface area contributed by atoms with Crippen LogP contribution in [-0.4, -0.2) is 61.7 Å². The van der Waals surface area contributed by atoms with E-state index in [1.165, 1.54) is 58.7 Å². The van der Waals surface area contributed by atoms with E-state index in [2.05, 4.69) is 35.9 Å². The van der Waals surface area contributed by atoms with Gasteiger partial charge in [0.2, 0.25) is 0 Å². The van der Waals surface area contributed by atoms with Gasteiger partial charge in [0.05, 0.1) is 0 Å². The molecule has 0 amide bonds. The van der Waals surface area contributed by atoms with E-state index in [0.717, 1.165) is 17.9 Å². The number of rotatable bonds is 7. The fourth-order valence-electron chi connectivity index (χ4n) is 2.83. The first-order valence-electron chi connectivity index (χ1n) is 7.81. The molecule has 0 aromatic carbocycles. The highest BCUT2D eigenvalue weighted by atomic mass is 15.3. The highest BCUT2D eigenvalue weighted by Crippen LogP contribution is 2.19.